The highest BCUT2D eigenvalue weighted by molar-refractivity contribution is 5.81. The SMILES string of the molecule is COc1ccc(N=[N+]=[N-])cc1C=O. The third kappa shape index (κ3) is 1.98. The largest absolute Gasteiger partial charge is 0.496 e. The van der Waals surface area contributed by atoms with Gasteiger partial charge in [0.05, 0.1) is 12.7 Å². The maximum absolute atomic E-state index is 10.5. The molecule has 0 aliphatic heterocycles. The average molecular weight is 177 g/mol. The van der Waals surface area contributed by atoms with Crippen molar-refractivity contribution in [3.8, 4) is 5.75 Å². The number of nitrogens with zero attached hydrogens (tertiary/aromatic N) is 3. The first kappa shape index (κ1) is 9.09. The monoisotopic (exact) mass is 177 g/mol. The molecule has 0 saturated carbocycles. The molecule has 1 rings (SSSR count). The molecule has 13 heavy (non-hydrogen) atoms. The third-order valence-electron chi connectivity index (χ3n) is 1.50. The molecule has 5 nitrogen and oxygen atoms in total. The number of benzene rings is 1. The van der Waals surface area contributed by atoms with Crippen molar-refractivity contribution in [1.82, 2.24) is 0 Å². The van der Waals surface area contributed by atoms with Gasteiger partial charge in [-0.3, -0.25) is 4.79 Å². The molecule has 0 atom stereocenters. The molecular formula is C8H7N3O2. The van der Waals surface area contributed by atoms with E-state index in [2.05, 4.69) is 10.0 Å². The Bertz CT molecular complexity index is 370. The molecule has 0 radical (unpaired) electrons. The predicted molar refractivity (Wildman–Crippen MR) is 47.2 cm³/mol. The minimum absolute atomic E-state index is 0.368. The summed E-state index contributed by atoms with van der Waals surface area (Å²) in [6.45, 7) is 0. The quantitative estimate of drug-likeness (QED) is 0.307. The lowest BCUT2D eigenvalue weighted by Crippen LogP contribution is -1.88. The molecule has 0 aliphatic rings. The highest BCUT2D eigenvalue weighted by Crippen LogP contribution is 2.22. The Morgan fingerprint density at radius 1 is 1.62 bits per heavy atom. The third-order valence-corrected chi connectivity index (χ3v) is 1.50. The molecule has 0 aliphatic carbocycles. The van der Waals surface area contributed by atoms with Crippen molar-refractivity contribution in [2.45, 2.75) is 0 Å². The molecule has 0 fully saturated rings. The lowest BCUT2D eigenvalue weighted by molar-refractivity contribution is 0.112. The molecule has 66 valence electrons. The van der Waals surface area contributed by atoms with Crippen molar-refractivity contribution in [3.05, 3.63) is 34.2 Å². The van der Waals surface area contributed by atoms with Crippen LogP contribution in [0.2, 0.25) is 0 Å². The minimum Gasteiger partial charge on any atom is -0.496 e. The van der Waals surface area contributed by atoms with Crippen molar-refractivity contribution in [2.75, 3.05) is 7.11 Å². The number of methoxy groups -OCH3 is 1. The van der Waals surface area contributed by atoms with E-state index in [1.54, 1.807) is 12.1 Å². The summed E-state index contributed by atoms with van der Waals surface area (Å²) in [5.74, 6) is 0.465. The van der Waals surface area contributed by atoms with Crippen molar-refractivity contribution in [1.29, 1.82) is 0 Å². The van der Waals surface area contributed by atoms with E-state index in [0.717, 1.165) is 0 Å². The number of aldehydes is 1. The van der Waals surface area contributed by atoms with E-state index in [1.807, 2.05) is 0 Å². The summed E-state index contributed by atoms with van der Waals surface area (Å²) < 4.78 is 4.90. The Kier molecular flexibility index (Phi) is 2.89. The topological polar surface area (TPSA) is 75.1 Å². The number of carbonyl (C=O) groups is 1. The van der Waals surface area contributed by atoms with E-state index in [9.17, 15) is 4.79 Å². The number of carbonyl (C=O) groups excluding carboxylic acids is 1. The van der Waals surface area contributed by atoms with Crippen LogP contribution in [-0.4, -0.2) is 13.4 Å². The molecule has 0 heterocycles. The Balaban J connectivity index is 3.19. The maximum atomic E-state index is 10.5. The summed E-state index contributed by atoms with van der Waals surface area (Å²) in [7, 11) is 1.47. The second kappa shape index (κ2) is 4.13. The Morgan fingerprint density at radius 3 is 2.92 bits per heavy atom. The first-order valence-corrected chi connectivity index (χ1v) is 3.50. The average Bonchev–Trinajstić information content (AvgIpc) is 2.18. The number of ether oxygens (including phenoxy) is 1. The first-order valence-electron chi connectivity index (χ1n) is 3.50. The van der Waals surface area contributed by atoms with Crippen molar-refractivity contribution < 1.29 is 9.53 Å². The normalized spacial score (nSPS) is 8.69. The fourth-order valence-electron chi connectivity index (χ4n) is 0.928. The summed E-state index contributed by atoms with van der Waals surface area (Å²) in [6, 6.07) is 4.62. The van der Waals surface area contributed by atoms with E-state index in [0.29, 0.717) is 23.3 Å². The van der Waals surface area contributed by atoms with Gasteiger partial charge in [-0.15, -0.1) is 0 Å². The van der Waals surface area contributed by atoms with Crippen molar-refractivity contribution in [3.63, 3.8) is 0 Å². The van der Waals surface area contributed by atoms with Crippen LogP contribution < -0.4 is 4.74 Å². The number of rotatable bonds is 3. The fraction of sp³-hybridized carbons (Fsp3) is 0.125. The summed E-state index contributed by atoms with van der Waals surface area (Å²) in [5.41, 5.74) is 8.91. The van der Waals surface area contributed by atoms with Crippen LogP contribution in [-0.2, 0) is 0 Å². The van der Waals surface area contributed by atoms with Gasteiger partial charge in [0, 0.05) is 10.6 Å². The van der Waals surface area contributed by atoms with Crippen LogP contribution in [0.3, 0.4) is 0 Å². The minimum atomic E-state index is 0.368. The highest BCUT2D eigenvalue weighted by Gasteiger charge is 2.01. The summed E-state index contributed by atoms with van der Waals surface area (Å²) >= 11 is 0. The number of hydrogen-bond donors (Lipinski definition) is 0. The van der Waals surface area contributed by atoms with Crippen LogP contribution in [0.15, 0.2) is 23.3 Å². The first-order chi connectivity index (χ1) is 6.31. The second-order valence-electron chi connectivity index (χ2n) is 2.23. The van der Waals surface area contributed by atoms with Gasteiger partial charge in [0.25, 0.3) is 0 Å². The zero-order valence-corrected chi connectivity index (χ0v) is 6.97. The van der Waals surface area contributed by atoms with Gasteiger partial charge in [-0.05, 0) is 23.7 Å². The molecule has 0 N–H and O–H groups in total. The standard InChI is InChI=1S/C8H7N3O2/c1-13-8-3-2-7(10-11-9)4-6(8)5-12/h2-5H,1H3. The molecule has 0 aromatic heterocycles. The lowest BCUT2D eigenvalue weighted by atomic mass is 10.2. The van der Waals surface area contributed by atoms with E-state index < -0.39 is 0 Å². The van der Waals surface area contributed by atoms with E-state index >= 15 is 0 Å². The number of hydrogen-bond acceptors (Lipinski definition) is 3. The van der Waals surface area contributed by atoms with Gasteiger partial charge in [0.2, 0.25) is 0 Å². The van der Waals surface area contributed by atoms with Crippen LogP contribution in [0.5, 0.6) is 5.75 Å². The molecule has 0 bridgehead atoms. The predicted octanol–water partition coefficient (Wildman–Crippen LogP) is 2.45. The molecule has 0 spiro atoms. The van der Waals surface area contributed by atoms with Crippen LogP contribution in [0.4, 0.5) is 5.69 Å². The Hall–Kier alpha value is -2.00. The van der Waals surface area contributed by atoms with Crippen LogP contribution in [0.25, 0.3) is 10.4 Å². The van der Waals surface area contributed by atoms with Gasteiger partial charge in [-0.1, -0.05) is 5.11 Å². The smallest absolute Gasteiger partial charge is 0.153 e. The summed E-state index contributed by atoms with van der Waals surface area (Å²) in [4.78, 5) is 13.1. The van der Waals surface area contributed by atoms with Crippen molar-refractivity contribution >= 4 is 12.0 Å². The van der Waals surface area contributed by atoms with E-state index in [-0.39, 0.29) is 0 Å². The zero-order valence-electron chi connectivity index (χ0n) is 6.97. The van der Waals surface area contributed by atoms with E-state index in [4.69, 9.17) is 10.3 Å². The van der Waals surface area contributed by atoms with Crippen LogP contribution in [0.1, 0.15) is 10.4 Å². The molecule has 1 aromatic carbocycles. The van der Waals surface area contributed by atoms with Gasteiger partial charge < -0.3 is 4.74 Å². The fourth-order valence-corrected chi connectivity index (χ4v) is 0.928. The zero-order chi connectivity index (χ0) is 9.68. The molecule has 0 saturated heterocycles. The summed E-state index contributed by atoms with van der Waals surface area (Å²) in [5, 5.41) is 3.36. The van der Waals surface area contributed by atoms with E-state index in [1.165, 1.54) is 13.2 Å². The van der Waals surface area contributed by atoms with Gasteiger partial charge in [0.15, 0.2) is 6.29 Å². The summed E-state index contributed by atoms with van der Waals surface area (Å²) in [6.07, 6.45) is 0.648. The molecule has 0 amide bonds. The molecule has 1 aromatic rings. The Morgan fingerprint density at radius 2 is 2.38 bits per heavy atom. The van der Waals surface area contributed by atoms with Gasteiger partial charge >= 0.3 is 0 Å². The molecule has 0 unspecified atom stereocenters. The van der Waals surface area contributed by atoms with Gasteiger partial charge in [-0.2, -0.15) is 0 Å². The van der Waals surface area contributed by atoms with Crippen molar-refractivity contribution in [2.24, 2.45) is 5.11 Å². The van der Waals surface area contributed by atoms with Crippen LogP contribution in [0, 0.1) is 0 Å². The lowest BCUT2D eigenvalue weighted by Gasteiger charge is -2.02. The molecule has 5 heteroatoms. The highest BCUT2D eigenvalue weighted by atomic mass is 16.5. The van der Waals surface area contributed by atoms with Gasteiger partial charge in [-0.25, -0.2) is 0 Å². The van der Waals surface area contributed by atoms with Gasteiger partial charge in [0.1, 0.15) is 5.75 Å². The molecular weight excluding hydrogens is 170 g/mol. The Labute approximate surface area is 74.6 Å². The van der Waals surface area contributed by atoms with Crippen LogP contribution >= 0.6 is 0 Å². The maximum Gasteiger partial charge on any atom is 0.153 e. The second-order valence-corrected chi connectivity index (χ2v) is 2.23. The number of azide groups is 1.